The minimum absolute atomic E-state index is 0.129. The highest BCUT2D eigenvalue weighted by Gasteiger charge is 2.15. The molecule has 1 N–H and O–H groups in total. The quantitative estimate of drug-likeness (QED) is 0.839. The Morgan fingerprint density at radius 3 is 2.88 bits per heavy atom. The smallest absolute Gasteiger partial charge is 0.246 e. The predicted molar refractivity (Wildman–Crippen MR) is 55.6 cm³/mol. The molecular formula is C9H8N2O4S. The van der Waals surface area contributed by atoms with Gasteiger partial charge in [-0.05, 0) is 12.1 Å². The number of fused-ring (bicyclic) bond motifs is 1. The average molecular weight is 240 g/mol. The molecule has 0 radical (unpaired) electrons. The van der Waals surface area contributed by atoms with Crippen molar-refractivity contribution in [1.82, 2.24) is 0 Å². The summed E-state index contributed by atoms with van der Waals surface area (Å²) in [4.78, 5) is 0. The van der Waals surface area contributed by atoms with Crippen LogP contribution in [-0.2, 0) is 10.0 Å². The van der Waals surface area contributed by atoms with Crippen LogP contribution in [0.4, 0.5) is 5.69 Å². The van der Waals surface area contributed by atoms with Crippen molar-refractivity contribution < 1.29 is 17.9 Å². The van der Waals surface area contributed by atoms with Gasteiger partial charge in [0.05, 0.1) is 11.8 Å². The standard InChI is InChI=1S/C9H8N2O4S/c10-3-4-16(12,13)11-7-1-2-8-9(5-7)15-6-14-8/h1-2,5,11H,4,6H2. The number of rotatable bonds is 3. The fourth-order valence-electron chi connectivity index (χ4n) is 1.26. The molecule has 0 saturated carbocycles. The number of ether oxygens (including phenoxy) is 2. The van der Waals surface area contributed by atoms with Crippen LogP contribution in [-0.4, -0.2) is 21.0 Å². The second-order valence-electron chi connectivity index (χ2n) is 3.09. The molecule has 6 nitrogen and oxygen atoms in total. The average Bonchev–Trinajstić information content (AvgIpc) is 2.63. The van der Waals surface area contributed by atoms with Crippen LogP contribution in [0, 0.1) is 11.3 Å². The highest BCUT2D eigenvalue weighted by Crippen LogP contribution is 2.34. The second-order valence-corrected chi connectivity index (χ2v) is 4.81. The molecule has 0 amide bonds. The van der Waals surface area contributed by atoms with Gasteiger partial charge < -0.3 is 9.47 Å². The summed E-state index contributed by atoms with van der Waals surface area (Å²) in [5.41, 5.74) is 0.347. The third-order valence-electron chi connectivity index (χ3n) is 1.90. The largest absolute Gasteiger partial charge is 0.454 e. The van der Waals surface area contributed by atoms with Gasteiger partial charge in [-0.1, -0.05) is 0 Å². The van der Waals surface area contributed by atoms with Gasteiger partial charge in [-0.2, -0.15) is 5.26 Å². The third-order valence-corrected chi connectivity index (χ3v) is 2.96. The van der Waals surface area contributed by atoms with E-state index in [4.69, 9.17) is 14.7 Å². The molecule has 0 aromatic heterocycles. The molecule has 0 fully saturated rings. The molecule has 0 spiro atoms. The van der Waals surface area contributed by atoms with Crippen LogP contribution in [0.5, 0.6) is 11.5 Å². The lowest BCUT2D eigenvalue weighted by atomic mass is 10.3. The summed E-state index contributed by atoms with van der Waals surface area (Å²) in [7, 11) is -3.61. The molecule has 0 unspecified atom stereocenters. The van der Waals surface area contributed by atoms with E-state index in [1.54, 1.807) is 18.2 Å². The number of benzene rings is 1. The van der Waals surface area contributed by atoms with E-state index in [1.165, 1.54) is 6.07 Å². The van der Waals surface area contributed by atoms with Crippen LogP contribution >= 0.6 is 0 Å². The minimum Gasteiger partial charge on any atom is -0.454 e. The van der Waals surface area contributed by atoms with Crippen LogP contribution < -0.4 is 14.2 Å². The number of nitrogens with one attached hydrogen (secondary N) is 1. The Hall–Kier alpha value is -1.94. The first-order chi connectivity index (χ1) is 7.61. The number of nitrogens with zero attached hydrogens (tertiary/aromatic N) is 1. The first-order valence-corrected chi connectivity index (χ1v) is 6.03. The fraction of sp³-hybridized carbons (Fsp3) is 0.222. The van der Waals surface area contributed by atoms with E-state index in [0.29, 0.717) is 17.2 Å². The zero-order valence-corrected chi connectivity index (χ0v) is 8.95. The van der Waals surface area contributed by atoms with E-state index < -0.39 is 15.8 Å². The SMILES string of the molecule is N#CCS(=O)(=O)Nc1ccc2c(c1)OCO2. The van der Waals surface area contributed by atoms with Crippen molar-refractivity contribution in [3.05, 3.63) is 18.2 Å². The van der Waals surface area contributed by atoms with Gasteiger partial charge in [0, 0.05) is 6.07 Å². The van der Waals surface area contributed by atoms with Crippen molar-refractivity contribution in [2.45, 2.75) is 0 Å². The monoisotopic (exact) mass is 240 g/mol. The van der Waals surface area contributed by atoms with E-state index in [0.717, 1.165) is 0 Å². The number of anilines is 1. The first-order valence-electron chi connectivity index (χ1n) is 4.38. The molecule has 2 rings (SSSR count). The van der Waals surface area contributed by atoms with Crippen LogP contribution in [0.2, 0.25) is 0 Å². The Labute approximate surface area is 92.5 Å². The van der Waals surface area contributed by atoms with Crippen LogP contribution in [0.3, 0.4) is 0 Å². The summed E-state index contributed by atoms with van der Waals surface area (Å²) in [6.45, 7) is 0.129. The van der Waals surface area contributed by atoms with Crippen LogP contribution in [0.15, 0.2) is 18.2 Å². The van der Waals surface area contributed by atoms with Gasteiger partial charge in [0.15, 0.2) is 17.3 Å². The number of hydrogen-bond acceptors (Lipinski definition) is 5. The molecular weight excluding hydrogens is 232 g/mol. The molecule has 1 aromatic rings. The minimum atomic E-state index is -3.61. The Balaban J connectivity index is 2.21. The highest BCUT2D eigenvalue weighted by atomic mass is 32.2. The maximum atomic E-state index is 11.3. The summed E-state index contributed by atoms with van der Waals surface area (Å²) in [6.07, 6.45) is 0. The van der Waals surface area contributed by atoms with Gasteiger partial charge in [-0.15, -0.1) is 0 Å². The number of nitriles is 1. The molecule has 0 atom stereocenters. The van der Waals surface area contributed by atoms with Crippen LogP contribution in [0.25, 0.3) is 0 Å². The van der Waals surface area contributed by atoms with Gasteiger partial charge in [-0.25, -0.2) is 8.42 Å². The molecule has 0 aliphatic carbocycles. The summed E-state index contributed by atoms with van der Waals surface area (Å²) in [5, 5.41) is 8.32. The zero-order chi connectivity index (χ0) is 11.6. The summed E-state index contributed by atoms with van der Waals surface area (Å²) in [5.74, 6) is 0.474. The third kappa shape index (κ3) is 2.17. The molecule has 16 heavy (non-hydrogen) atoms. The van der Waals surface area contributed by atoms with Gasteiger partial charge in [-0.3, -0.25) is 4.72 Å². The van der Waals surface area contributed by atoms with Crippen molar-refractivity contribution in [3.8, 4) is 17.6 Å². The van der Waals surface area contributed by atoms with E-state index in [2.05, 4.69) is 4.72 Å². The Morgan fingerprint density at radius 1 is 1.38 bits per heavy atom. The van der Waals surface area contributed by atoms with Crippen molar-refractivity contribution >= 4 is 15.7 Å². The van der Waals surface area contributed by atoms with E-state index in [1.807, 2.05) is 0 Å². The summed E-state index contributed by atoms with van der Waals surface area (Å²) in [6, 6.07) is 6.23. The predicted octanol–water partition coefficient (Wildman–Crippen LogP) is 0.681. The van der Waals surface area contributed by atoms with Gasteiger partial charge in [0.2, 0.25) is 16.8 Å². The Morgan fingerprint density at radius 2 is 2.12 bits per heavy atom. The maximum Gasteiger partial charge on any atom is 0.246 e. The summed E-state index contributed by atoms with van der Waals surface area (Å²) >= 11 is 0. The maximum absolute atomic E-state index is 11.3. The molecule has 1 aliphatic rings. The van der Waals surface area contributed by atoms with E-state index >= 15 is 0 Å². The molecule has 84 valence electrons. The topological polar surface area (TPSA) is 88.4 Å². The second kappa shape index (κ2) is 3.90. The van der Waals surface area contributed by atoms with Crippen molar-refractivity contribution in [3.63, 3.8) is 0 Å². The van der Waals surface area contributed by atoms with Gasteiger partial charge in [0.25, 0.3) is 0 Å². The lowest BCUT2D eigenvalue weighted by Crippen LogP contribution is -2.15. The number of sulfonamides is 1. The molecule has 1 heterocycles. The lowest BCUT2D eigenvalue weighted by molar-refractivity contribution is 0.174. The Bertz CT molecular complexity index is 547. The van der Waals surface area contributed by atoms with E-state index in [-0.39, 0.29) is 6.79 Å². The fourth-order valence-corrected chi connectivity index (χ4v) is 1.99. The van der Waals surface area contributed by atoms with Gasteiger partial charge >= 0.3 is 0 Å². The zero-order valence-electron chi connectivity index (χ0n) is 8.13. The normalized spacial score (nSPS) is 13.2. The van der Waals surface area contributed by atoms with Crippen LogP contribution in [0.1, 0.15) is 0 Å². The molecule has 0 bridgehead atoms. The van der Waals surface area contributed by atoms with Crippen molar-refractivity contribution in [2.75, 3.05) is 17.3 Å². The molecule has 1 aromatic carbocycles. The molecule has 1 aliphatic heterocycles. The number of hydrogen-bond donors (Lipinski definition) is 1. The van der Waals surface area contributed by atoms with Crippen molar-refractivity contribution in [1.29, 1.82) is 5.26 Å². The molecule has 0 saturated heterocycles. The molecule has 7 heteroatoms. The highest BCUT2D eigenvalue weighted by molar-refractivity contribution is 7.92. The lowest BCUT2D eigenvalue weighted by Gasteiger charge is -2.05. The Kier molecular flexibility index (Phi) is 2.58. The van der Waals surface area contributed by atoms with E-state index in [9.17, 15) is 8.42 Å². The van der Waals surface area contributed by atoms with Crippen molar-refractivity contribution in [2.24, 2.45) is 0 Å². The summed E-state index contributed by atoms with van der Waals surface area (Å²) < 4.78 is 35.0. The first kappa shape index (κ1) is 10.6. The van der Waals surface area contributed by atoms with Gasteiger partial charge in [0.1, 0.15) is 0 Å².